The van der Waals surface area contributed by atoms with Crippen LogP contribution in [0.25, 0.3) is 33.4 Å². The number of hydrogen-bond donors (Lipinski definition) is 0. The van der Waals surface area contributed by atoms with E-state index in [2.05, 4.69) is 63.4 Å². The summed E-state index contributed by atoms with van der Waals surface area (Å²) in [5.41, 5.74) is 6.13. The Labute approximate surface area is 143 Å². The number of rotatable bonds is 2. The molecule has 0 spiro atoms. The molecular weight excluding hydrogens is 348 g/mol. The van der Waals surface area contributed by atoms with Gasteiger partial charge in [0.2, 0.25) is 0 Å². The van der Waals surface area contributed by atoms with E-state index in [-0.39, 0.29) is 0 Å². The summed E-state index contributed by atoms with van der Waals surface area (Å²) in [6.45, 7) is 0. The zero-order chi connectivity index (χ0) is 15.6. The van der Waals surface area contributed by atoms with E-state index >= 15 is 0 Å². The Morgan fingerprint density at radius 1 is 0.652 bits per heavy atom. The fourth-order valence-electron chi connectivity index (χ4n) is 2.67. The number of nitrogens with zero attached hydrogens (tertiary/aromatic N) is 2. The maximum absolute atomic E-state index is 4.78. The summed E-state index contributed by atoms with van der Waals surface area (Å²) in [6, 6.07) is 24.6. The minimum atomic E-state index is 0.891. The van der Waals surface area contributed by atoms with Crippen molar-refractivity contribution in [2.24, 2.45) is 0 Å². The first-order valence-corrected chi connectivity index (χ1v) is 8.18. The molecule has 4 rings (SSSR count). The van der Waals surface area contributed by atoms with Gasteiger partial charge in [-0.15, -0.1) is 0 Å². The molecule has 0 atom stereocenters. The highest BCUT2D eigenvalue weighted by molar-refractivity contribution is 9.10. The van der Waals surface area contributed by atoms with E-state index in [1.165, 1.54) is 5.56 Å². The molecule has 1 heterocycles. The lowest BCUT2D eigenvalue weighted by atomic mass is 9.98. The number of para-hydroxylation sites is 2. The molecule has 3 heteroatoms. The average Bonchev–Trinajstić information content (AvgIpc) is 2.62. The van der Waals surface area contributed by atoms with Crippen molar-refractivity contribution < 1.29 is 0 Å². The third-order valence-corrected chi connectivity index (χ3v) is 4.34. The topological polar surface area (TPSA) is 25.8 Å². The second kappa shape index (κ2) is 5.94. The van der Waals surface area contributed by atoms with Crippen LogP contribution in [0.15, 0.2) is 83.5 Å². The normalized spacial score (nSPS) is 10.8. The molecule has 0 aliphatic heterocycles. The van der Waals surface area contributed by atoms with Gasteiger partial charge in [0.15, 0.2) is 0 Å². The van der Waals surface area contributed by atoms with E-state index < -0.39 is 0 Å². The Hall–Kier alpha value is -2.52. The van der Waals surface area contributed by atoms with Gasteiger partial charge in [-0.2, -0.15) is 0 Å². The number of benzene rings is 3. The minimum absolute atomic E-state index is 0.891. The molecule has 0 fully saturated rings. The molecule has 1 aromatic heterocycles. The summed E-state index contributed by atoms with van der Waals surface area (Å²) >= 11 is 3.49. The predicted octanol–water partition coefficient (Wildman–Crippen LogP) is 5.73. The highest BCUT2D eigenvalue weighted by atomic mass is 79.9. The van der Waals surface area contributed by atoms with Crippen LogP contribution >= 0.6 is 15.9 Å². The molecule has 0 bridgehead atoms. The van der Waals surface area contributed by atoms with Crippen LogP contribution in [0.1, 0.15) is 0 Å². The van der Waals surface area contributed by atoms with Crippen molar-refractivity contribution in [3.05, 3.63) is 83.5 Å². The van der Waals surface area contributed by atoms with Gasteiger partial charge in [0.05, 0.1) is 22.9 Å². The van der Waals surface area contributed by atoms with E-state index in [0.717, 1.165) is 32.3 Å². The van der Waals surface area contributed by atoms with E-state index in [1.807, 2.05) is 36.5 Å². The molecule has 0 saturated carbocycles. The molecule has 0 aliphatic carbocycles. The van der Waals surface area contributed by atoms with Gasteiger partial charge >= 0.3 is 0 Å². The van der Waals surface area contributed by atoms with Crippen molar-refractivity contribution in [2.45, 2.75) is 0 Å². The molecule has 110 valence electrons. The second-order valence-electron chi connectivity index (χ2n) is 5.30. The highest BCUT2D eigenvalue weighted by Crippen LogP contribution is 2.31. The third-order valence-electron chi connectivity index (χ3n) is 3.81. The third kappa shape index (κ3) is 2.76. The fraction of sp³-hybridized carbons (Fsp3) is 0. The first-order chi connectivity index (χ1) is 11.3. The van der Waals surface area contributed by atoms with E-state index in [0.29, 0.717) is 0 Å². The van der Waals surface area contributed by atoms with Crippen molar-refractivity contribution in [1.82, 2.24) is 9.97 Å². The Kier molecular flexibility index (Phi) is 3.64. The van der Waals surface area contributed by atoms with Crippen molar-refractivity contribution in [3.63, 3.8) is 0 Å². The average molecular weight is 361 g/mol. The second-order valence-corrected chi connectivity index (χ2v) is 6.21. The lowest BCUT2D eigenvalue weighted by molar-refractivity contribution is 1.29. The Morgan fingerprint density at radius 3 is 2.09 bits per heavy atom. The van der Waals surface area contributed by atoms with Crippen LogP contribution in [0.5, 0.6) is 0 Å². The maximum atomic E-state index is 4.78. The van der Waals surface area contributed by atoms with E-state index in [9.17, 15) is 0 Å². The molecular formula is C20H13BrN2. The fourth-order valence-corrected chi connectivity index (χ4v) is 2.94. The molecule has 0 radical (unpaired) electrons. The van der Waals surface area contributed by atoms with Crippen LogP contribution in [-0.4, -0.2) is 9.97 Å². The number of halogens is 1. The van der Waals surface area contributed by atoms with Gasteiger partial charge in [-0.25, -0.2) is 4.98 Å². The summed E-state index contributed by atoms with van der Waals surface area (Å²) in [6.07, 6.45) is 1.85. The molecule has 0 unspecified atom stereocenters. The molecule has 0 aliphatic rings. The van der Waals surface area contributed by atoms with Crippen molar-refractivity contribution in [2.75, 3.05) is 0 Å². The summed E-state index contributed by atoms with van der Waals surface area (Å²) in [7, 11) is 0. The molecule has 0 N–H and O–H groups in total. The standard InChI is InChI=1S/C20H13BrN2/c21-15-11-9-14(10-12-15)16-5-1-2-6-17(16)20-13-22-18-7-3-4-8-19(18)23-20/h1-13H. The molecule has 4 aromatic rings. The van der Waals surface area contributed by atoms with Gasteiger partial charge in [-0.3, -0.25) is 4.98 Å². The Balaban J connectivity index is 1.89. The lowest BCUT2D eigenvalue weighted by Crippen LogP contribution is -1.91. The molecule has 2 nitrogen and oxygen atoms in total. The van der Waals surface area contributed by atoms with Crippen LogP contribution in [0.3, 0.4) is 0 Å². The maximum Gasteiger partial charge on any atom is 0.0899 e. The van der Waals surface area contributed by atoms with Gasteiger partial charge < -0.3 is 0 Å². The summed E-state index contributed by atoms with van der Waals surface area (Å²) in [5.74, 6) is 0. The van der Waals surface area contributed by atoms with Gasteiger partial charge in [-0.1, -0.05) is 64.5 Å². The van der Waals surface area contributed by atoms with Crippen LogP contribution < -0.4 is 0 Å². The van der Waals surface area contributed by atoms with Crippen LogP contribution in [0, 0.1) is 0 Å². The number of aromatic nitrogens is 2. The quantitative estimate of drug-likeness (QED) is 0.456. The Bertz CT molecular complexity index is 978. The van der Waals surface area contributed by atoms with E-state index in [4.69, 9.17) is 4.98 Å². The number of hydrogen-bond acceptors (Lipinski definition) is 2. The summed E-state index contributed by atoms with van der Waals surface area (Å²) in [5, 5.41) is 0. The number of fused-ring (bicyclic) bond motifs is 1. The van der Waals surface area contributed by atoms with Crippen LogP contribution in [-0.2, 0) is 0 Å². The lowest BCUT2D eigenvalue weighted by Gasteiger charge is -2.10. The van der Waals surface area contributed by atoms with Crippen molar-refractivity contribution in [3.8, 4) is 22.4 Å². The smallest absolute Gasteiger partial charge is 0.0899 e. The van der Waals surface area contributed by atoms with Crippen molar-refractivity contribution >= 4 is 27.0 Å². The van der Waals surface area contributed by atoms with E-state index in [1.54, 1.807) is 0 Å². The molecule has 0 amide bonds. The van der Waals surface area contributed by atoms with Crippen LogP contribution in [0.2, 0.25) is 0 Å². The zero-order valence-corrected chi connectivity index (χ0v) is 13.9. The minimum Gasteiger partial charge on any atom is -0.252 e. The van der Waals surface area contributed by atoms with Gasteiger partial charge in [-0.05, 0) is 35.4 Å². The van der Waals surface area contributed by atoms with Gasteiger partial charge in [0.1, 0.15) is 0 Å². The van der Waals surface area contributed by atoms with Crippen molar-refractivity contribution in [1.29, 1.82) is 0 Å². The summed E-state index contributed by atoms with van der Waals surface area (Å²) in [4.78, 5) is 9.31. The summed E-state index contributed by atoms with van der Waals surface area (Å²) < 4.78 is 1.07. The predicted molar refractivity (Wildman–Crippen MR) is 98.1 cm³/mol. The largest absolute Gasteiger partial charge is 0.252 e. The Morgan fingerprint density at radius 2 is 1.30 bits per heavy atom. The zero-order valence-electron chi connectivity index (χ0n) is 12.3. The molecule has 3 aromatic carbocycles. The molecule has 0 saturated heterocycles. The van der Waals surface area contributed by atoms with Gasteiger partial charge in [0.25, 0.3) is 0 Å². The first kappa shape index (κ1) is 14.1. The monoisotopic (exact) mass is 360 g/mol. The van der Waals surface area contributed by atoms with Crippen LogP contribution in [0.4, 0.5) is 0 Å². The van der Waals surface area contributed by atoms with Gasteiger partial charge in [0, 0.05) is 10.0 Å². The SMILES string of the molecule is Brc1ccc(-c2ccccc2-c2cnc3ccccc3n2)cc1. The molecule has 23 heavy (non-hydrogen) atoms. The highest BCUT2D eigenvalue weighted by Gasteiger charge is 2.09. The first-order valence-electron chi connectivity index (χ1n) is 7.38.